The molecule has 21 heavy (non-hydrogen) atoms. The summed E-state index contributed by atoms with van der Waals surface area (Å²) >= 11 is 0. The number of ether oxygens (including phenoxy) is 1. The van der Waals surface area contributed by atoms with Crippen molar-refractivity contribution in [3.8, 4) is 5.75 Å². The van der Waals surface area contributed by atoms with E-state index in [0.29, 0.717) is 6.04 Å². The number of methoxy groups -OCH3 is 1. The van der Waals surface area contributed by atoms with Gasteiger partial charge in [0.15, 0.2) is 0 Å². The Bertz CT molecular complexity index is 513. The molecule has 0 aromatic heterocycles. The molecule has 1 N–H and O–H groups in total. The van der Waals surface area contributed by atoms with Crippen molar-refractivity contribution in [3.05, 3.63) is 29.8 Å². The first-order chi connectivity index (χ1) is 9.87. The number of para-hydroxylation sites is 1. The van der Waals surface area contributed by atoms with Gasteiger partial charge in [-0.15, -0.1) is 0 Å². The van der Waals surface area contributed by atoms with Crippen LogP contribution < -0.4 is 10.1 Å². The molecule has 1 aliphatic rings. The molecule has 2 rings (SSSR count). The van der Waals surface area contributed by atoms with E-state index in [0.717, 1.165) is 24.4 Å². The Hall–Kier alpha value is -1.55. The van der Waals surface area contributed by atoms with Gasteiger partial charge in [-0.1, -0.05) is 18.2 Å². The summed E-state index contributed by atoms with van der Waals surface area (Å²) < 4.78 is 5.43. The molecule has 1 fully saturated rings. The van der Waals surface area contributed by atoms with Crippen LogP contribution in [0.25, 0.3) is 0 Å². The van der Waals surface area contributed by atoms with Crippen molar-refractivity contribution in [2.24, 2.45) is 0 Å². The number of piperazine rings is 1. The van der Waals surface area contributed by atoms with Gasteiger partial charge in [-0.05, 0) is 33.8 Å². The van der Waals surface area contributed by atoms with Gasteiger partial charge in [0.2, 0.25) is 5.91 Å². The van der Waals surface area contributed by atoms with Gasteiger partial charge in [0, 0.05) is 30.7 Å². The Morgan fingerprint density at radius 2 is 2.00 bits per heavy atom. The molecule has 0 saturated carbocycles. The van der Waals surface area contributed by atoms with Crippen molar-refractivity contribution in [2.75, 3.05) is 20.2 Å². The Balaban J connectivity index is 2.31. The van der Waals surface area contributed by atoms with Crippen LogP contribution in [0.5, 0.6) is 5.75 Å². The molecule has 1 heterocycles. The lowest BCUT2D eigenvalue weighted by atomic mass is 9.82. The van der Waals surface area contributed by atoms with Gasteiger partial charge in [-0.2, -0.15) is 0 Å². The zero-order chi connectivity index (χ0) is 15.6. The summed E-state index contributed by atoms with van der Waals surface area (Å²) in [5.41, 5.74) is 0.341. The molecule has 2 unspecified atom stereocenters. The van der Waals surface area contributed by atoms with Crippen molar-refractivity contribution < 1.29 is 9.53 Å². The van der Waals surface area contributed by atoms with E-state index in [1.165, 1.54) is 0 Å². The zero-order valence-corrected chi connectivity index (χ0v) is 13.6. The largest absolute Gasteiger partial charge is 0.496 e. The predicted octanol–water partition coefficient (Wildman–Crippen LogP) is 2.18. The Morgan fingerprint density at radius 3 is 2.67 bits per heavy atom. The van der Waals surface area contributed by atoms with E-state index >= 15 is 0 Å². The molecule has 1 aromatic carbocycles. The number of benzene rings is 1. The van der Waals surface area contributed by atoms with Crippen LogP contribution in [0.2, 0.25) is 0 Å². The number of carbonyl (C=O) groups excluding carboxylic acids is 1. The lowest BCUT2D eigenvalue weighted by Crippen LogP contribution is -2.59. The summed E-state index contributed by atoms with van der Waals surface area (Å²) in [6, 6.07) is 8.32. The SMILES string of the molecule is COc1ccccc1C(C)(C)C(=O)N1CC(C)NCC1C. The molecule has 1 aromatic rings. The molecule has 1 amide bonds. The lowest BCUT2D eigenvalue weighted by molar-refractivity contribution is -0.139. The predicted molar refractivity (Wildman–Crippen MR) is 84.7 cm³/mol. The van der Waals surface area contributed by atoms with Crippen LogP contribution in [0.4, 0.5) is 0 Å². The van der Waals surface area contributed by atoms with Gasteiger partial charge in [-0.25, -0.2) is 0 Å². The second kappa shape index (κ2) is 6.06. The molecule has 0 radical (unpaired) electrons. The van der Waals surface area contributed by atoms with Gasteiger partial charge in [0.25, 0.3) is 0 Å². The highest BCUT2D eigenvalue weighted by atomic mass is 16.5. The molecule has 2 atom stereocenters. The molecule has 4 nitrogen and oxygen atoms in total. The topological polar surface area (TPSA) is 41.6 Å². The Morgan fingerprint density at radius 1 is 1.33 bits per heavy atom. The van der Waals surface area contributed by atoms with Crippen molar-refractivity contribution in [3.63, 3.8) is 0 Å². The molecule has 1 aliphatic heterocycles. The summed E-state index contributed by atoms with van der Waals surface area (Å²) in [5, 5.41) is 3.41. The standard InChI is InChI=1S/C17H26N2O2/c1-12-11-19(13(2)10-18-12)16(20)17(3,4)14-8-6-7-9-15(14)21-5/h6-9,12-13,18H,10-11H2,1-5H3. The highest BCUT2D eigenvalue weighted by Gasteiger charge is 2.39. The molecule has 4 heteroatoms. The Kier molecular flexibility index (Phi) is 4.57. The fraction of sp³-hybridized carbons (Fsp3) is 0.588. The van der Waals surface area contributed by atoms with Crippen LogP contribution >= 0.6 is 0 Å². The average Bonchev–Trinajstić information content (AvgIpc) is 2.48. The van der Waals surface area contributed by atoms with E-state index in [1.807, 2.05) is 43.0 Å². The number of rotatable bonds is 3. The summed E-state index contributed by atoms with van der Waals surface area (Å²) in [4.78, 5) is 15.1. The average molecular weight is 290 g/mol. The minimum Gasteiger partial charge on any atom is -0.496 e. The van der Waals surface area contributed by atoms with Crippen molar-refractivity contribution in [1.29, 1.82) is 0 Å². The minimum atomic E-state index is -0.599. The first-order valence-electron chi connectivity index (χ1n) is 7.56. The number of nitrogens with zero attached hydrogens (tertiary/aromatic N) is 1. The molecule has 0 spiro atoms. The third-order valence-corrected chi connectivity index (χ3v) is 4.34. The van der Waals surface area contributed by atoms with E-state index in [1.54, 1.807) is 7.11 Å². The van der Waals surface area contributed by atoms with E-state index in [-0.39, 0.29) is 11.9 Å². The van der Waals surface area contributed by atoms with Gasteiger partial charge >= 0.3 is 0 Å². The molecule has 1 saturated heterocycles. The summed E-state index contributed by atoms with van der Waals surface area (Å²) in [6.07, 6.45) is 0. The monoisotopic (exact) mass is 290 g/mol. The zero-order valence-electron chi connectivity index (χ0n) is 13.6. The quantitative estimate of drug-likeness (QED) is 0.928. The van der Waals surface area contributed by atoms with Crippen LogP contribution in [0.15, 0.2) is 24.3 Å². The van der Waals surface area contributed by atoms with Crippen LogP contribution in [0.3, 0.4) is 0 Å². The van der Waals surface area contributed by atoms with Crippen molar-refractivity contribution >= 4 is 5.91 Å². The third-order valence-electron chi connectivity index (χ3n) is 4.34. The van der Waals surface area contributed by atoms with E-state index in [9.17, 15) is 4.79 Å². The summed E-state index contributed by atoms with van der Waals surface area (Å²) in [7, 11) is 1.65. The van der Waals surface area contributed by atoms with Crippen LogP contribution in [0, 0.1) is 0 Å². The molecular weight excluding hydrogens is 264 g/mol. The first kappa shape index (κ1) is 15.8. The van der Waals surface area contributed by atoms with Gasteiger partial charge in [0.05, 0.1) is 12.5 Å². The van der Waals surface area contributed by atoms with Crippen molar-refractivity contribution in [1.82, 2.24) is 10.2 Å². The number of hydrogen-bond acceptors (Lipinski definition) is 3. The number of nitrogens with one attached hydrogen (secondary N) is 1. The summed E-state index contributed by atoms with van der Waals surface area (Å²) in [6.45, 7) is 9.75. The van der Waals surface area contributed by atoms with Crippen LogP contribution in [-0.4, -0.2) is 43.1 Å². The van der Waals surface area contributed by atoms with E-state index in [2.05, 4.69) is 19.2 Å². The maximum absolute atomic E-state index is 13.1. The van der Waals surface area contributed by atoms with Gasteiger partial charge in [-0.3, -0.25) is 4.79 Å². The lowest BCUT2D eigenvalue weighted by Gasteiger charge is -2.41. The molecule has 0 aliphatic carbocycles. The summed E-state index contributed by atoms with van der Waals surface area (Å²) in [5.74, 6) is 0.930. The van der Waals surface area contributed by atoms with E-state index < -0.39 is 5.41 Å². The second-order valence-electron chi connectivity index (χ2n) is 6.44. The third kappa shape index (κ3) is 3.05. The molecular formula is C17H26N2O2. The number of amides is 1. The smallest absolute Gasteiger partial charge is 0.233 e. The van der Waals surface area contributed by atoms with Crippen molar-refractivity contribution in [2.45, 2.75) is 45.2 Å². The molecule has 0 bridgehead atoms. The van der Waals surface area contributed by atoms with E-state index in [4.69, 9.17) is 4.74 Å². The highest BCUT2D eigenvalue weighted by molar-refractivity contribution is 5.88. The highest BCUT2D eigenvalue weighted by Crippen LogP contribution is 2.33. The maximum atomic E-state index is 13.1. The number of carbonyl (C=O) groups is 1. The van der Waals surface area contributed by atoms with Crippen LogP contribution in [0.1, 0.15) is 33.3 Å². The first-order valence-corrected chi connectivity index (χ1v) is 7.56. The Labute approximate surface area is 127 Å². The van der Waals surface area contributed by atoms with Gasteiger partial charge in [0.1, 0.15) is 5.75 Å². The fourth-order valence-corrected chi connectivity index (χ4v) is 2.94. The number of hydrogen-bond donors (Lipinski definition) is 1. The normalized spacial score (nSPS) is 23.0. The maximum Gasteiger partial charge on any atom is 0.233 e. The van der Waals surface area contributed by atoms with Gasteiger partial charge < -0.3 is 15.0 Å². The second-order valence-corrected chi connectivity index (χ2v) is 6.44. The molecule has 116 valence electrons. The fourth-order valence-electron chi connectivity index (χ4n) is 2.94. The minimum absolute atomic E-state index is 0.160. The van der Waals surface area contributed by atoms with Crippen LogP contribution in [-0.2, 0) is 10.2 Å².